The maximum absolute atomic E-state index is 12.5. The Labute approximate surface area is 159 Å². The number of aromatic nitrogens is 1. The van der Waals surface area contributed by atoms with E-state index in [2.05, 4.69) is 28.6 Å². The normalized spacial score (nSPS) is 10.3. The molecule has 1 amide bonds. The third-order valence-corrected chi connectivity index (χ3v) is 4.11. The predicted octanol–water partition coefficient (Wildman–Crippen LogP) is 5.09. The van der Waals surface area contributed by atoms with E-state index in [4.69, 9.17) is 4.74 Å². The third-order valence-electron chi connectivity index (χ3n) is 4.11. The Morgan fingerprint density at radius 2 is 1.85 bits per heavy atom. The Kier molecular flexibility index (Phi) is 5.71. The molecule has 0 unspecified atom stereocenters. The average Bonchev–Trinajstić information content (AvgIpc) is 2.66. The molecule has 2 aromatic carbocycles. The van der Waals surface area contributed by atoms with E-state index in [1.165, 1.54) is 5.56 Å². The number of nitrogens with zero attached hydrogens (tertiary/aromatic N) is 1. The molecule has 0 radical (unpaired) electrons. The second-order valence-corrected chi connectivity index (χ2v) is 6.26. The monoisotopic (exact) mass is 361 g/mol. The highest BCUT2D eigenvalue weighted by atomic mass is 16.5. The first kappa shape index (κ1) is 18.5. The van der Waals surface area contributed by atoms with Gasteiger partial charge < -0.3 is 15.4 Å². The average molecular weight is 361 g/mol. The lowest BCUT2D eigenvalue weighted by atomic mass is 10.1. The number of carbonyl (C=O) groups excluding carboxylic acids is 1. The number of hydrogen-bond donors (Lipinski definition) is 2. The molecule has 3 aromatic rings. The number of rotatable bonds is 6. The molecule has 0 saturated heterocycles. The fraction of sp³-hybridized carbons (Fsp3) is 0.182. The van der Waals surface area contributed by atoms with Crippen molar-refractivity contribution in [3.8, 4) is 5.75 Å². The van der Waals surface area contributed by atoms with Crippen LogP contribution >= 0.6 is 0 Å². The van der Waals surface area contributed by atoms with E-state index in [1.54, 1.807) is 18.3 Å². The van der Waals surface area contributed by atoms with E-state index in [0.717, 1.165) is 11.3 Å². The zero-order valence-corrected chi connectivity index (χ0v) is 15.7. The van der Waals surface area contributed by atoms with Gasteiger partial charge in [0, 0.05) is 11.9 Å². The van der Waals surface area contributed by atoms with Crippen molar-refractivity contribution in [2.45, 2.75) is 20.8 Å². The Bertz CT molecular complexity index is 937. The minimum absolute atomic E-state index is 0.229. The van der Waals surface area contributed by atoms with E-state index in [1.807, 2.05) is 50.2 Å². The number of carbonyl (C=O) groups is 1. The molecule has 1 heterocycles. The van der Waals surface area contributed by atoms with E-state index >= 15 is 0 Å². The lowest BCUT2D eigenvalue weighted by Gasteiger charge is -2.12. The van der Waals surface area contributed by atoms with Crippen molar-refractivity contribution in [1.29, 1.82) is 0 Å². The van der Waals surface area contributed by atoms with Crippen LogP contribution in [0.15, 0.2) is 60.8 Å². The highest BCUT2D eigenvalue weighted by molar-refractivity contribution is 6.04. The second kappa shape index (κ2) is 8.36. The van der Waals surface area contributed by atoms with Gasteiger partial charge in [-0.2, -0.15) is 0 Å². The summed E-state index contributed by atoms with van der Waals surface area (Å²) < 4.78 is 5.54. The van der Waals surface area contributed by atoms with E-state index < -0.39 is 0 Å². The molecule has 0 aliphatic carbocycles. The van der Waals surface area contributed by atoms with Crippen LogP contribution < -0.4 is 15.4 Å². The number of hydrogen-bond acceptors (Lipinski definition) is 4. The first-order valence-corrected chi connectivity index (χ1v) is 8.90. The quantitative estimate of drug-likeness (QED) is 0.642. The molecule has 0 aliphatic heterocycles. The molecule has 3 rings (SSSR count). The van der Waals surface area contributed by atoms with E-state index in [9.17, 15) is 4.79 Å². The molecule has 0 spiro atoms. The Morgan fingerprint density at radius 3 is 2.56 bits per heavy atom. The number of amides is 1. The number of ether oxygens (including phenoxy) is 1. The highest BCUT2D eigenvalue weighted by Gasteiger charge is 2.10. The summed E-state index contributed by atoms with van der Waals surface area (Å²) in [6, 6.07) is 17.1. The summed E-state index contributed by atoms with van der Waals surface area (Å²) in [6.45, 7) is 6.55. The number of anilines is 3. The molecule has 0 atom stereocenters. The Morgan fingerprint density at radius 1 is 1.04 bits per heavy atom. The molecule has 2 N–H and O–H groups in total. The lowest BCUT2D eigenvalue weighted by Crippen LogP contribution is -2.13. The summed E-state index contributed by atoms with van der Waals surface area (Å²) in [5.41, 5.74) is 4.47. The standard InChI is InChI=1S/C22H23N3O2/c1-4-27-20-8-6-5-7-19(20)25-22(26)17-10-12-21(23-14-17)24-18-11-9-15(2)13-16(18)3/h5-14H,4H2,1-3H3,(H,23,24)(H,25,26). The second-order valence-electron chi connectivity index (χ2n) is 6.26. The highest BCUT2D eigenvalue weighted by Crippen LogP contribution is 2.24. The predicted molar refractivity (Wildman–Crippen MR) is 109 cm³/mol. The van der Waals surface area contributed by atoms with Gasteiger partial charge in [0.15, 0.2) is 0 Å². The summed E-state index contributed by atoms with van der Waals surface area (Å²) in [5.74, 6) is 1.11. The van der Waals surface area contributed by atoms with Gasteiger partial charge in [-0.05, 0) is 56.7 Å². The van der Waals surface area contributed by atoms with Crippen LogP contribution in [-0.4, -0.2) is 17.5 Å². The van der Waals surface area contributed by atoms with Crippen LogP contribution in [0.1, 0.15) is 28.4 Å². The molecule has 0 fully saturated rings. The number of benzene rings is 2. The van der Waals surface area contributed by atoms with Crippen LogP contribution in [0.25, 0.3) is 0 Å². The molecule has 27 heavy (non-hydrogen) atoms. The minimum Gasteiger partial charge on any atom is -0.492 e. The maximum atomic E-state index is 12.5. The van der Waals surface area contributed by atoms with Gasteiger partial charge in [0.05, 0.1) is 17.9 Å². The topological polar surface area (TPSA) is 63.2 Å². The van der Waals surface area contributed by atoms with Crippen LogP contribution in [0.3, 0.4) is 0 Å². The Balaban J connectivity index is 1.70. The molecular weight excluding hydrogens is 338 g/mol. The van der Waals surface area contributed by atoms with Crippen molar-refractivity contribution < 1.29 is 9.53 Å². The lowest BCUT2D eigenvalue weighted by molar-refractivity contribution is 0.102. The number of para-hydroxylation sites is 2. The van der Waals surface area contributed by atoms with Gasteiger partial charge in [0.1, 0.15) is 11.6 Å². The SMILES string of the molecule is CCOc1ccccc1NC(=O)c1ccc(Nc2ccc(C)cc2C)nc1. The molecule has 5 nitrogen and oxygen atoms in total. The van der Waals surface area contributed by atoms with Crippen LogP contribution in [0.4, 0.5) is 17.2 Å². The number of nitrogens with one attached hydrogen (secondary N) is 2. The van der Waals surface area contributed by atoms with Crippen LogP contribution in [0, 0.1) is 13.8 Å². The fourth-order valence-corrected chi connectivity index (χ4v) is 2.74. The van der Waals surface area contributed by atoms with E-state index in [0.29, 0.717) is 29.4 Å². The van der Waals surface area contributed by atoms with Crippen LogP contribution in [-0.2, 0) is 0 Å². The zero-order chi connectivity index (χ0) is 19.2. The van der Waals surface area contributed by atoms with Gasteiger partial charge in [-0.3, -0.25) is 4.79 Å². The first-order valence-electron chi connectivity index (χ1n) is 8.90. The van der Waals surface area contributed by atoms with Crippen LogP contribution in [0.2, 0.25) is 0 Å². The van der Waals surface area contributed by atoms with Gasteiger partial charge in [-0.1, -0.05) is 29.8 Å². The molecular formula is C22H23N3O2. The van der Waals surface area contributed by atoms with Crippen molar-refractivity contribution in [3.05, 3.63) is 77.5 Å². The summed E-state index contributed by atoms with van der Waals surface area (Å²) in [7, 11) is 0. The van der Waals surface area contributed by atoms with Crippen molar-refractivity contribution in [2.24, 2.45) is 0 Å². The largest absolute Gasteiger partial charge is 0.492 e. The smallest absolute Gasteiger partial charge is 0.257 e. The fourth-order valence-electron chi connectivity index (χ4n) is 2.74. The van der Waals surface area contributed by atoms with E-state index in [-0.39, 0.29) is 5.91 Å². The third kappa shape index (κ3) is 4.64. The van der Waals surface area contributed by atoms with Crippen LogP contribution in [0.5, 0.6) is 5.75 Å². The molecule has 138 valence electrons. The van der Waals surface area contributed by atoms with Gasteiger partial charge in [-0.25, -0.2) is 4.98 Å². The van der Waals surface area contributed by atoms with Crippen molar-refractivity contribution in [2.75, 3.05) is 17.2 Å². The number of pyridine rings is 1. The van der Waals surface area contributed by atoms with Gasteiger partial charge in [-0.15, -0.1) is 0 Å². The molecule has 1 aromatic heterocycles. The van der Waals surface area contributed by atoms with Crippen molar-refractivity contribution in [3.63, 3.8) is 0 Å². The summed E-state index contributed by atoms with van der Waals surface area (Å²) in [4.78, 5) is 16.9. The number of aryl methyl sites for hydroxylation is 2. The zero-order valence-electron chi connectivity index (χ0n) is 15.7. The summed E-state index contributed by atoms with van der Waals surface area (Å²) >= 11 is 0. The summed E-state index contributed by atoms with van der Waals surface area (Å²) in [5, 5.41) is 6.15. The Hall–Kier alpha value is -3.34. The molecule has 0 bridgehead atoms. The molecule has 0 saturated carbocycles. The van der Waals surface area contributed by atoms with Gasteiger partial charge in [0.25, 0.3) is 5.91 Å². The first-order chi connectivity index (χ1) is 13.1. The molecule has 0 aliphatic rings. The van der Waals surface area contributed by atoms with Crippen molar-refractivity contribution in [1.82, 2.24) is 4.98 Å². The van der Waals surface area contributed by atoms with Gasteiger partial charge in [0.2, 0.25) is 0 Å². The van der Waals surface area contributed by atoms with Crippen molar-refractivity contribution >= 4 is 23.1 Å². The minimum atomic E-state index is -0.229. The van der Waals surface area contributed by atoms with Gasteiger partial charge >= 0.3 is 0 Å². The maximum Gasteiger partial charge on any atom is 0.257 e. The summed E-state index contributed by atoms with van der Waals surface area (Å²) in [6.07, 6.45) is 1.56. The molecule has 5 heteroatoms.